The first-order valence-electron chi connectivity index (χ1n) is 5.87. The van der Waals surface area contributed by atoms with E-state index < -0.39 is 0 Å². The third-order valence-electron chi connectivity index (χ3n) is 2.84. The Kier molecular flexibility index (Phi) is 5.09. The number of amides is 1. The Labute approximate surface area is 102 Å². The van der Waals surface area contributed by atoms with Crippen molar-refractivity contribution < 1.29 is 4.79 Å². The van der Waals surface area contributed by atoms with Gasteiger partial charge in [0.15, 0.2) is 0 Å². The first-order valence-corrected chi connectivity index (χ1v) is 5.87. The molecule has 0 aliphatic rings. The molecule has 0 aliphatic carbocycles. The molecule has 0 aliphatic heterocycles. The van der Waals surface area contributed by atoms with Crippen LogP contribution in [0.15, 0.2) is 6.33 Å². The zero-order valence-electron chi connectivity index (χ0n) is 11.0. The number of likely N-dealkylation sites (N-methyl/N-ethyl adjacent to an activating group) is 1. The van der Waals surface area contributed by atoms with Crippen molar-refractivity contribution in [2.24, 2.45) is 0 Å². The highest BCUT2D eigenvalue weighted by Gasteiger charge is 2.14. The monoisotopic (exact) mass is 239 g/mol. The molecule has 0 spiro atoms. The number of nitrogens with one attached hydrogen (secondary N) is 1. The molecule has 1 aromatic heterocycles. The van der Waals surface area contributed by atoms with Crippen molar-refractivity contribution in [1.82, 2.24) is 25.0 Å². The summed E-state index contributed by atoms with van der Waals surface area (Å²) in [6.45, 7) is 5.36. The maximum Gasteiger partial charge on any atom is 0.237 e. The summed E-state index contributed by atoms with van der Waals surface area (Å²) in [4.78, 5) is 13.6. The van der Waals surface area contributed by atoms with Gasteiger partial charge in [-0.25, -0.2) is 0 Å². The second-order valence-electron chi connectivity index (χ2n) is 4.21. The maximum atomic E-state index is 11.7. The van der Waals surface area contributed by atoms with Gasteiger partial charge in [-0.2, -0.15) is 0 Å². The van der Waals surface area contributed by atoms with Gasteiger partial charge in [0.05, 0.1) is 6.04 Å². The van der Waals surface area contributed by atoms with E-state index in [2.05, 4.69) is 15.5 Å². The van der Waals surface area contributed by atoms with Crippen LogP contribution in [0.1, 0.15) is 19.7 Å². The highest BCUT2D eigenvalue weighted by Crippen LogP contribution is 1.96. The van der Waals surface area contributed by atoms with Crippen LogP contribution in [0.25, 0.3) is 0 Å². The smallest absolute Gasteiger partial charge is 0.237 e. The zero-order valence-corrected chi connectivity index (χ0v) is 11.0. The fourth-order valence-corrected chi connectivity index (χ4v) is 1.42. The van der Waals surface area contributed by atoms with Crippen LogP contribution in [0, 0.1) is 0 Å². The van der Waals surface area contributed by atoms with Crippen molar-refractivity contribution >= 4 is 5.91 Å². The topological polar surface area (TPSA) is 63.1 Å². The summed E-state index contributed by atoms with van der Waals surface area (Å²) in [5.74, 6) is 0.947. The molecular weight excluding hydrogens is 218 g/mol. The van der Waals surface area contributed by atoms with E-state index in [1.807, 2.05) is 37.4 Å². The van der Waals surface area contributed by atoms with Crippen molar-refractivity contribution in [3.63, 3.8) is 0 Å². The van der Waals surface area contributed by atoms with Crippen LogP contribution in [0.2, 0.25) is 0 Å². The summed E-state index contributed by atoms with van der Waals surface area (Å²) in [5.41, 5.74) is 0. The Bertz CT molecular complexity index is 360. The van der Waals surface area contributed by atoms with Crippen LogP contribution in [-0.4, -0.2) is 52.3 Å². The van der Waals surface area contributed by atoms with E-state index in [0.29, 0.717) is 13.0 Å². The Morgan fingerprint density at radius 3 is 2.88 bits per heavy atom. The van der Waals surface area contributed by atoms with Gasteiger partial charge in [0.25, 0.3) is 0 Å². The van der Waals surface area contributed by atoms with Crippen molar-refractivity contribution in [2.75, 3.05) is 20.6 Å². The van der Waals surface area contributed by atoms with E-state index in [4.69, 9.17) is 0 Å². The minimum absolute atomic E-state index is 0.0394. The second-order valence-corrected chi connectivity index (χ2v) is 4.21. The largest absolute Gasteiger partial charge is 0.354 e. The SMILES string of the molecule is CCn1cnnc1CCNC(=O)[C@@H](C)N(C)C. The maximum absolute atomic E-state index is 11.7. The number of aryl methyl sites for hydroxylation is 1. The molecule has 1 atom stereocenters. The molecule has 96 valence electrons. The lowest BCUT2D eigenvalue weighted by molar-refractivity contribution is -0.124. The Morgan fingerprint density at radius 2 is 2.29 bits per heavy atom. The molecule has 0 saturated heterocycles. The molecule has 1 aromatic rings. The minimum Gasteiger partial charge on any atom is -0.354 e. The number of hydrogen-bond acceptors (Lipinski definition) is 4. The van der Waals surface area contributed by atoms with E-state index in [-0.39, 0.29) is 11.9 Å². The Balaban J connectivity index is 2.35. The molecule has 0 fully saturated rings. The van der Waals surface area contributed by atoms with E-state index in [9.17, 15) is 4.79 Å². The standard InChI is InChI=1S/C11H21N5O/c1-5-16-8-13-14-10(16)6-7-12-11(17)9(2)15(3)4/h8-9H,5-7H2,1-4H3,(H,12,17)/t9-/m1/s1. The molecular formula is C11H21N5O. The normalized spacial score (nSPS) is 12.8. The van der Waals surface area contributed by atoms with Gasteiger partial charge in [0.2, 0.25) is 5.91 Å². The van der Waals surface area contributed by atoms with Gasteiger partial charge in [-0.15, -0.1) is 10.2 Å². The average Bonchev–Trinajstić information content (AvgIpc) is 2.75. The Morgan fingerprint density at radius 1 is 1.59 bits per heavy atom. The summed E-state index contributed by atoms with van der Waals surface area (Å²) in [5, 5.41) is 10.8. The van der Waals surface area contributed by atoms with Crippen molar-refractivity contribution in [2.45, 2.75) is 32.9 Å². The van der Waals surface area contributed by atoms with Crippen LogP contribution < -0.4 is 5.32 Å². The summed E-state index contributed by atoms with van der Waals surface area (Å²) in [6.07, 6.45) is 2.42. The van der Waals surface area contributed by atoms with Gasteiger partial charge in [0.1, 0.15) is 12.2 Å². The van der Waals surface area contributed by atoms with E-state index >= 15 is 0 Å². The quantitative estimate of drug-likeness (QED) is 0.753. The van der Waals surface area contributed by atoms with E-state index in [1.165, 1.54) is 0 Å². The second kappa shape index (κ2) is 6.34. The molecule has 6 nitrogen and oxygen atoms in total. The predicted octanol–water partition coefficient (Wildman–Crippen LogP) is -0.0932. The van der Waals surface area contributed by atoms with Gasteiger partial charge in [-0.3, -0.25) is 9.69 Å². The lowest BCUT2D eigenvalue weighted by Gasteiger charge is -2.18. The summed E-state index contributed by atoms with van der Waals surface area (Å²) < 4.78 is 1.97. The lowest BCUT2D eigenvalue weighted by Crippen LogP contribution is -2.42. The molecule has 17 heavy (non-hydrogen) atoms. The van der Waals surface area contributed by atoms with Crippen molar-refractivity contribution in [3.05, 3.63) is 12.2 Å². The minimum atomic E-state index is -0.112. The van der Waals surface area contributed by atoms with Gasteiger partial charge in [-0.1, -0.05) is 0 Å². The third kappa shape index (κ3) is 3.81. The number of aromatic nitrogens is 3. The first-order chi connectivity index (χ1) is 8.06. The fourth-order valence-electron chi connectivity index (χ4n) is 1.42. The third-order valence-corrected chi connectivity index (χ3v) is 2.84. The molecule has 1 heterocycles. The fraction of sp³-hybridized carbons (Fsp3) is 0.727. The highest BCUT2D eigenvalue weighted by molar-refractivity contribution is 5.81. The summed E-state index contributed by atoms with van der Waals surface area (Å²) in [6, 6.07) is -0.112. The van der Waals surface area contributed by atoms with Gasteiger partial charge < -0.3 is 9.88 Å². The number of carbonyl (C=O) groups excluding carboxylic acids is 1. The van der Waals surface area contributed by atoms with Crippen LogP contribution >= 0.6 is 0 Å². The first kappa shape index (κ1) is 13.6. The van der Waals surface area contributed by atoms with Gasteiger partial charge >= 0.3 is 0 Å². The van der Waals surface area contributed by atoms with Gasteiger partial charge in [-0.05, 0) is 27.9 Å². The molecule has 0 unspecified atom stereocenters. The molecule has 0 aromatic carbocycles. The van der Waals surface area contributed by atoms with E-state index in [1.54, 1.807) is 6.33 Å². The lowest BCUT2D eigenvalue weighted by atomic mass is 10.3. The van der Waals surface area contributed by atoms with Gasteiger partial charge in [0, 0.05) is 19.5 Å². The van der Waals surface area contributed by atoms with Crippen LogP contribution in [-0.2, 0) is 17.8 Å². The molecule has 0 radical (unpaired) electrons. The molecule has 0 bridgehead atoms. The average molecular weight is 239 g/mol. The number of rotatable bonds is 6. The van der Waals surface area contributed by atoms with Crippen molar-refractivity contribution in [3.8, 4) is 0 Å². The molecule has 1 rings (SSSR count). The molecule has 1 N–H and O–H groups in total. The Hall–Kier alpha value is -1.43. The number of hydrogen-bond donors (Lipinski definition) is 1. The number of nitrogens with zero attached hydrogens (tertiary/aromatic N) is 4. The zero-order chi connectivity index (χ0) is 12.8. The number of carbonyl (C=O) groups is 1. The molecule has 0 saturated carbocycles. The van der Waals surface area contributed by atoms with Crippen LogP contribution in [0.5, 0.6) is 0 Å². The van der Waals surface area contributed by atoms with Crippen LogP contribution in [0.4, 0.5) is 0 Å². The predicted molar refractivity (Wildman–Crippen MR) is 65.6 cm³/mol. The van der Waals surface area contributed by atoms with Crippen LogP contribution in [0.3, 0.4) is 0 Å². The van der Waals surface area contributed by atoms with Crippen molar-refractivity contribution in [1.29, 1.82) is 0 Å². The summed E-state index contributed by atoms with van der Waals surface area (Å²) >= 11 is 0. The summed E-state index contributed by atoms with van der Waals surface area (Å²) in [7, 11) is 3.77. The van der Waals surface area contributed by atoms with E-state index in [0.717, 1.165) is 12.4 Å². The molecule has 1 amide bonds. The molecule has 6 heteroatoms. The highest BCUT2D eigenvalue weighted by atomic mass is 16.2.